The molecule has 0 spiro atoms. The molecule has 12 heavy (non-hydrogen) atoms. The lowest BCUT2D eigenvalue weighted by molar-refractivity contribution is -0.126. The summed E-state index contributed by atoms with van der Waals surface area (Å²) in [4.78, 5) is 5.55. The van der Waals surface area contributed by atoms with Crippen LogP contribution in [0.5, 0.6) is 0 Å². The van der Waals surface area contributed by atoms with Crippen molar-refractivity contribution >= 4 is 0 Å². The number of hydroxylamine groups is 2. The Morgan fingerprint density at radius 3 is 2.92 bits per heavy atom. The van der Waals surface area contributed by atoms with E-state index in [0.29, 0.717) is 18.6 Å². The van der Waals surface area contributed by atoms with Gasteiger partial charge in [-0.3, -0.25) is 4.84 Å². The van der Waals surface area contributed by atoms with Crippen molar-refractivity contribution in [3.05, 3.63) is 0 Å². The lowest BCUT2D eigenvalue weighted by atomic mass is 10.1. The lowest BCUT2D eigenvalue weighted by Gasteiger charge is -2.14. The monoisotopic (exact) mass is 173 g/mol. The van der Waals surface area contributed by atoms with Crippen LogP contribution in [0.25, 0.3) is 0 Å². The first-order valence-electron chi connectivity index (χ1n) is 4.52. The molecule has 1 aliphatic rings. The lowest BCUT2D eigenvalue weighted by Crippen LogP contribution is -2.33. The van der Waals surface area contributed by atoms with Crippen LogP contribution in [0.2, 0.25) is 0 Å². The second-order valence-corrected chi connectivity index (χ2v) is 3.42. The van der Waals surface area contributed by atoms with Crippen LogP contribution in [0.4, 0.5) is 0 Å². The van der Waals surface area contributed by atoms with Gasteiger partial charge in [0.05, 0.1) is 6.10 Å². The maximum atomic E-state index is 5.55. The Morgan fingerprint density at radius 1 is 1.67 bits per heavy atom. The van der Waals surface area contributed by atoms with Crippen LogP contribution in [0.1, 0.15) is 6.92 Å². The van der Waals surface area contributed by atoms with E-state index in [4.69, 9.17) is 10.6 Å². The first-order valence-corrected chi connectivity index (χ1v) is 4.52. The molecule has 1 heterocycles. The molecule has 0 radical (unpaired) electrons. The molecule has 4 heteroatoms. The van der Waals surface area contributed by atoms with Gasteiger partial charge in [0.15, 0.2) is 0 Å². The highest BCUT2D eigenvalue weighted by molar-refractivity contribution is 4.74. The van der Waals surface area contributed by atoms with Crippen LogP contribution in [0.15, 0.2) is 0 Å². The molecule has 2 unspecified atom stereocenters. The molecule has 0 saturated carbocycles. The van der Waals surface area contributed by atoms with E-state index in [0.717, 1.165) is 19.6 Å². The van der Waals surface area contributed by atoms with Crippen molar-refractivity contribution < 1.29 is 4.84 Å². The van der Waals surface area contributed by atoms with Crippen molar-refractivity contribution in [3.8, 4) is 0 Å². The molecule has 1 aliphatic heterocycles. The second-order valence-electron chi connectivity index (χ2n) is 3.42. The molecule has 0 aromatic carbocycles. The van der Waals surface area contributed by atoms with E-state index in [-0.39, 0.29) is 0 Å². The van der Waals surface area contributed by atoms with E-state index in [9.17, 15) is 0 Å². The van der Waals surface area contributed by atoms with Gasteiger partial charge in [0.25, 0.3) is 0 Å². The Morgan fingerprint density at radius 2 is 2.42 bits per heavy atom. The summed E-state index contributed by atoms with van der Waals surface area (Å²) in [6, 6.07) is 0. The van der Waals surface area contributed by atoms with E-state index in [1.54, 1.807) is 0 Å². The summed E-state index contributed by atoms with van der Waals surface area (Å²) in [5, 5.41) is 5.15. The summed E-state index contributed by atoms with van der Waals surface area (Å²) in [5.41, 5.74) is 5.36. The van der Waals surface area contributed by atoms with E-state index >= 15 is 0 Å². The Hall–Kier alpha value is -0.160. The molecular formula is C8H19N3O. The molecule has 1 rings (SSSR count). The topological polar surface area (TPSA) is 50.5 Å². The fourth-order valence-electron chi connectivity index (χ4n) is 1.49. The minimum absolute atomic E-state index is 0.321. The van der Waals surface area contributed by atoms with Gasteiger partial charge in [-0.2, -0.15) is 5.06 Å². The number of hydrogen-bond acceptors (Lipinski definition) is 4. The molecule has 0 aromatic heterocycles. The summed E-state index contributed by atoms with van der Waals surface area (Å²) in [7, 11) is 1.97. The Balaban J connectivity index is 2.15. The largest absolute Gasteiger partial charge is 0.329 e. The first kappa shape index (κ1) is 9.92. The van der Waals surface area contributed by atoms with E-state index in [1.807, 2.05) is 12.1 Å². The van der Waals surface area contributed by atoms with Crippen LogP contribution in [-0.2, 0) is 4.84 Å². The minimum Gasteiger partial charge on any atom is -0.329 e. The third-order valence-corrected chi connectivity index (χ3v) is 2.16. The molecular weight excluding hydrogens is 154 g/mol. The summed E-state index contributed by atoms with van der Waals surface area (Å²) in [6.07, 6.45) is 0.321. The van der Waals surface area contributed by atoms with Gasteiger partial charge in [0, 0.05) is 39.1 Å². The van der Waals surface area contributed by atoms with Crippen LogP contribution >= 0.6 is 0 Å². The number of nitrogens with two attached hydrogens (primary N) is 1. The fraction of sp³-hybridized carbons (Fsp3) is 1.00. The highest BCUT2D eigenvalue weighted by Crippen LogP contribution is 2.17. The van der Waals surface area contributed by atoms with Crippen LogP contribution in [-0.4, -0.2) is 44.4 Å². The molecule has 0 aliphatic carbocycles. The molecule has 72 valence electrons. The van der Waals surface area contributed by atoms with Gasteiger partial charge in [-0.1, -0.05) is 6.92 Å². The van der Waals surface area contributed by atoms with Gasteiger partial charge in [-0.25, -0.2) is 0 Å². The number of nitrogens with one attached hydrogen (secondary N) is 1. The van der Waals surface area contributed by atoms with Crippen LogP contribution in [0, 0.1) is 5.92 Å². The molecule has 0 amide bonds. The summed E-state index contributed by atoms with van der Waals surface area (Å²) < 4.78 is 0. The third-order valence-electron chi connectivity index (χ3n) is 2.16. The maximum Gasteiger partial charge on any atom is 0.0955 e. The van der Waals surface area contributed by atoms with Gasteiger partial charge in [-0.15, -0.1) is 0 Å². The predicted molar refractivity (Wildman–Crippen MR) is 48.6 cm³/mol. The molecule has 0 bridgehead atoms. The molecule has 1 saturated heterocycles. The maximum absolute atomic E-state index is 5.55. The van der Waals surface area contributed by atoms with Gasteiger partial charge in [-0.05, 0) is 0 Å². The average molecular weight is 173 g/mol. The molecule has 0 aromatic rings. The van der Waals surface area contributed by atoms with E-state index < -0.39 is 0 Å². The zero-order chi connectivity index (χ0) is 8.97. The Kier molecular flexibility index (Phi) is 3.94. The van der Waals surface area contributed by atoms with Crippen LogP contribution in [0.3, 0.4) is 0 Å². The van der Waals surface area contributed by atoms with Crippen molar-refractivity contribution in [2.75, 3.05) is 33.2 Å². The predicted octanol–water partition coefficient (Wildman–Crippen LogP) is -0.584. The summed E-state index contributed by atoms with van der Waals surface area (Å²) in [6.45, 7) is 5.70. The molecule has 1 fully saturated rings. The van der Waals surface area contributed by atoms with E-state index in [1.165, 1.54) is 0 Å². The highest BCUT2D eigenvalue weighted by Gasteiger charge is 2.27. The van der Waals surface area contributed by atoms with Gasteiger partial charge < -0.3 is 11.1 Å². The smallest absolute Gasteiger partial charge is 0.0955 e. The minimum atomic E-state index is 0.321. The van der Waals surface area contributed by atoms with Crippen molar-refractivity contribution in [3.63, 3.8) is 0 Å². The second kappa shape index (κ2) is 4.77. The van der Waals surface area contributed by atoms with Gasteiger partial charge in [0.2, 0.25) is 0 Å². The zero-order valence-corrected chi connectivity index (χ0v) is 7.92. The Bertz CT molecular complexity index is 131. The van der Waals surface area contributed by atoms with Crippen LogP contribution < -0.4 is 11.1 Å². The first-order chi connectivity index (χ1) is 5.74. The standard InChI is InChI=1S/C8H19N3O/c1-7-6-11(2)12-8(7)5-10-4-3-9/h7-8,10H,3-6,9H2,1-2H3. The van der Waals surface area contributed by atoms with Crippen molar-refractivity contribution in [1.82, 2.24) is 10.4 Å². The van der Waals surface area contributed by atoms with Gasteiger partial charge in [0.1, 0.15) is 0 Å². The van der Waals surface area contributed by atoms with Crippen molar-refractivity contribution in [2.45, 2.75) is 13.0 Å². The zero-order valence-electron chi connectivity index (χ0n) is 7.92. The SMILES string of the molecule is CC1CN(C)OC1CNCCN. The van der Waals surface area contributed by atoms with Gasteiger partial charge >= 0.3 is 0 Å². The number of rotatable bonds is 4. The number of nitrogens with zero attached hydrogens (tertiary/aromatic N) is 1. The van der Waals surface area contributed by atoms with Crippen molar-refractivity contribution in [1.29, 1.82) is 0 Å². The number of hydrogen-bond donors (Lipinski definition) is 2. The summed E-state index contributed by atoms with van der Waals surface area (Å²) in [5.74, 6) is 0.611. The molecule has 3 N–H and O–H groups in total. The third kappa shape index (κ3) is 2.71. The Labute approximate surface area is 74.0 Å². The molecule has 4 nitrogen and oxygen atoms in total. The normalized spacial score (nSPS) is 31.2. The average Bonchev–Trinajstić information content (AvgIpc) is 2.31. The van der Waals surface area contributed by atoms with Crippen molar-refractivity contribution in [2.24, 2.45) is 11.7 Å². The summed E-state index contributed by atoms with van der Waals surface area (Å²) >= 11 is 0. The fourth-order valence-corrected chi connectivity index (χ4v) is 1.49. The quantitative estimate of drug-likeness (QED) is 0.558. The highest BCUT2D eigenvalue weighted by atomic mass is 16.7. The molecule has 2 atom stereocenters. The van der Waals surface area contributed by atoms with E-state index in [2.05, 4.69) is 12.2 Å².